The fourth-order valence-corrected chi connectivity index (χ4v) is 5.36. The maximum absolute atomic E-state index is 13.8. The SMILES string of the molecule is COC(=O)c1c(C)c(C23CC(c4ccc(F)cc4)(C2)C3)nc2ccc(F)cc12. The molecule has 3 aliphatic rings. The van der Waals surface area contributed by atoms with Gasteiger partial charge in [-0.25, -0.2) is 13.6 Å². The van der Waals surface area contributed by atoms with Crippen molar-refractivity contribution in [2.75, 3.05) is 7.11 Å². The van der Waals surface area contributed by atoms with Crippen molar-refractivity contribution in [1.29, 1.82) is 0 Å². The Labute approximate surface area is 161 Å². The van der Waals surface area contributed by atoms with Crippen LogP contribution in [0.3, 0.4) is 0 Å². The van der Waals surface area contributed by atoms with E-state index in [1.165, 1.54) is 31.4 Å². The molecule has 2 bridgehead atoms. The third-order valence-corrected chi connectivity index (χ3v) is 6.57. The number of fused-ring (bicyclic) bond motifs is 1. The Morgan fingerprint density at radius 3 is 2.29 bits per heavy atom. The van der Waals surface area contributed by atoms with Crippen LogP contribution in [0.5, 0.6) is 0 Å². The van der Waals surface area contributed by atoms with E-state index < -0.39 is 11.8 Å². The molecule has 0 unspecified atom stereocenters. The van der Waals surface area contributed by atoms with Crippen molar-refractivity contribution in [2.24, 2.45) is 0 Å². The lowest BCUT2D eigenvalue weighted by atomic mass is 9.32. The van der Waals surface area contributed by atoms with E-state index in [0.717, 1.165) is 36.1 Å². The second kappa shape index (κ2) is 5.60. The van der Waals surface area contributed by atoms with Crippen LogP contribution in [0.4, 0.5) is 8.78 Å². The molecular formula is C23H19F2NO2. The van der Waals surface area contributed by atoms with Gasteiger partial charge >= 0.3 is 5.97 Å². The number of esters is 1. The molecule has 3 saturated carbocycles. The fourth-order valence-electron chi connectivity index (χ4n) is 5.36. The van der Waals surface area contributed by atoms with E-state index in [1.54, 1.807) is 6.07 Å². The van der Waals surface area contributed by atoms with Crippen LogP contribution >= 0.6 is 0 Å². The highest BCUT2D eigenvalue weighted by molar-refractivity contribution is 6.05. The molecule has 0 N–H and O–H groups in total. The predicted molar refractivity (Wildman–Crippen MR) is 101 cm³/mol. The predicted octanol–water partition coefficient (Wildman–Crippen LogP) is 4.98. The molecule has 6 rings (SSSR count). The Balaban J connectivity index is 1.58. The Morgan fingerprint density at radius 1 is 1.00 bits per heavy atom. The highest BCUT2D eigenvalue weighted by Crippen LogP contribution is 2.74. The quantitative estimate of drug-likeness (QED) is 0.603. The summed E-state index contributed by atoms with van der Waals surface area (Å²) in [7, 11) is 1.33. The van der Waals surface area contributed by atoms with Crippen molar-refractivity contribution in [2.45, 2.75) is 37.0 Å². The standard InChI is InChI=1S/C23H19F2NO2/c1-13-19(21(27)28-2)17-9-16(25)7-8-18(17)26-20(13)23-10-22(11-23,12-23)14-3-5-15(24)6-4-14/h3-9H,10-12H2,1-2H3. The zero-order valence-corrected chi connectivity index (χ0v) is 15.7. The maximum Gasteiger partial charge on any atom is 0.338 e. The van der Waals surface area contributed by atoms with E-state index in [4.69, 9.17) is 9.72 Å². The van der Waals surface area contributed by atoms with E-state index in [-0.39, 0.29) is 16.6 Å². The van der Waals surface area contributed by atoms with Crippen LogP contribution in [-0.2, 0) is 15.6 Å². The zero-order chi connectivity index (χ0) is 19.7. The topological polar surface area (TPSA) is 39.2 Å². The van der Waals surface area contributed by atoms with E-state index in [9.17, 15) is 13.6 Å². The molecule has 5 heteroatoms. The smallest absolute Gasteiger partial charge is 0.338 e. The summed E-state index contributed by atoms with van der Waals surface area (Å²) in [5.41, 5.74) is 3.80. The molecule has 3 nitrogen and oxygen atoms in total. The molecular weight excluding hydrogens is 360 g/mol. The van der Waals surface area contributed by atoms with E-state index in [1.807, 2.05) is 19.1 Å². The summed E-state index contributed by atoms with van der Waals surface area (Å²) in [4.78, 5) is 17.3. The summed E-state index contributed by atoms with van der Waals surface area (Å²) >= 11 is 0. The molecule has 0 saturated heterocycles. The van der Waals surface area contributed by atoms with Gasteiger partial charge in [-0.2, -0.15) is 0 Å². The molecule has 1 aromatic heterocycles. The van der Waals surface area contributed by atoms with Crippen LogP contribution in [-0.4, -0.2) is 18.1 Å². The van der Waals surface area contributed by atoms with Gasteiger partial charge in [0.1, 0.15) is 11.6 Å². The van der Waals surface area contributed by atoms with Gasteiger partial charge in [-0.3, -0.25) is 4.98 Å². The molecule has 0 atom stereocenters. The summed E-state index contributed by atoms with van der Waals surface area (Å²) in [6, 6.07) is 11.0. The van der Waals surface area contributed by atoms with Gasteiger partial charge in [-0.1, -0.05) is 12.1 Å². The minimum Gasteiger partial charge on any atom is -0.465 e. The number of nitrogens with zero attached hydrogens (tertiary/aromatic N) is 1. The van der Waals surface area contributed by atoms with Crippen molar-refractivity contribution in [3.63, 3.8) is 0 Å². The number of hydrogen-bond acceptors (Lipinski definition) is 3. The number of methoxy groups -OCH3 is 1. The summed E-state index contributed by atoms with van der Waals surface area (Å²) in [6.45, 7) is 1.86. The Bertz CT molecular complexity index is 1120. The van der Waals surface area contributed by atoms with Crippen molar-refractivity contribution < 1.29 is 18.3 Å². The Hall–Kier alpha value is -2.82. The number of ether oxygens (including phenoxy) is 1. The minimum atomic E-state index is -0.475. The average Bonchev–Trinajstić information content (AvgIpc) is 2.61. The second-order valence-corrected chi connectivity index (χ2v) is 8.21. The first-order valence-corrected chi connectivity index (χ1v) is 9.32. The Kier molecular flexibility index (Phi) is 3.46. The molecule has 28 heavy (non-hydrogen) atoms. The van der Waals surface area contributed by atoms with Gasteiger partial charge in [0.2, 0.25) is 0 Å². The molecule has 1 heterocycles. The van der Waals surface area contributed by atoms with E-state index in [0.29, 0.717) is 16.5 Å². The first kappa shape index (κ1) is 17.3. The summed E-state index contributed by atoms with van der Waals surface area (Å²) in [6.07, 6.45) is 2.77. The molecule has 3 fully saturated rings. The van der Waals surface area contributed by atoms with Crippen LogP contribution in [0.1, 0.15) is 46.4 Å². The number of aromatic nitrogens is 1. The molecule has 3 aromatic rings. The van der Waals surface area contributed by atoms with Gasteiger partial charge in [0.15, 0.2) is 0 Å². The van der Waals surface area contributed by atoms with Gasteiger partial charge in [0.05, 0.1) is 23.9 Å². The summed E-state index contributed by atoms with van der Waals surface area (Å²) < 4.78 is 32.0. The number of carbonyl (C=O) groups is 1. The van der Waals surface area contributed by atoms with Crippen molar-refractivity contribution in [3.05, 3.63) is 76.5 Å². The second-order valence-electron chi connectivity index (χ2n) is 8.21. The van der Waals surface area contributed by atoms with Crippen molar-refractivity contribution in [3.8, 4) is 0 Å². The molecule has 0 aliphatic heterocycles. The average molecular weight is 379 g/mol. The van der Waals surface area contributed by atoms with Gasteiger partial charge in [0.25, 0.3) is 0 Å². The zero-order valence-electron chi connectivity index (χ0n) is 15.7. The van der Waals surface area contributed by atoms with Crippen LogP contribution in [0, 0.1) is 18.6 Å². The summed E-state index contributed by atoms with van der Waals surface area (Å²) in [5.74, 6) is -1.11. The highest BCUT2D eigenvalue weighted by Gasteiger charge is 2.70. The number of halogens is 2. The normalized spacial score (nSPS) is 25.1. The lowest BCUT2D eigenvalue weighted by Gasteiger charge is -2.71. The minimum absolute atomic E-state index is 0.0744. The van der Waals surface area contributed by atoms with Crippen molar-refractivity contribution in [1.82, 2.24) is 4.98 Å². The molecule has 0 spiro atoms. The van der Waals surface area contributed by atoms with Crippen LogP contribution in [0.25, 0.3) is 10.9 Å². The van der Waals surface area contributed by atoms with Crippen LogP contribution in [0.15, 0.2) is 42.5 Å². The first-order chi connectivity index (χ1) is 13.4. The molecule has 3 aliphatic carbocycles. The van der Waals surface area contributed by atoms with Gasteiger partial charge in [0, 0.05) is 10.8 Å². The third-order valence-electron chi connectivity index (χ3n) is 6.57. The maximum atomic E-state index is 13.8. The number of hydrogen-bond donors (Lipinski definition) is 0. The van der Waals surface area contributed by atoms with Gasteiger partial charge in [-0.15, -0.1) is 0 Å². The van der Waals surface area contributed by atoms with Crippen molar-refractivity contribution >= 4 is 16.9 Å². The largest absolute Gasteiger partial charge is 0.465 e. The highest BCUT2D eigenvalue weighted by atomic mass is 19.1. The lowest BCUT2D eigenvalue weighted by Crippen LogP contribution is -2.67. The Morgan fingerprint density at radius 2 is 1.64 bits per heavy atom. The number of rotatable bonds is 3. The lowest BCUT2D eigenvalue weighted by molar-refractivity contribution is -0.0725. The fraction of sp³-hybridized carbons (Fsp3) is 0.304. The summed E-state index contributed by atoms with van der Waals surface area (Å²) in [5, 5.41) is 0.480. The molecule has 2 aromatic carbocycles. The number of carbonyl (C=O) groups excluding carboxylic acids is 1. The molecule has 142 valence electrons. The van der Waals surface area contributed by atoms with Crippen LogP contribution < -0.4 is 0 Å². The van der Waals surface area contributed by atoms with Crippen LogP contribution in [0.2, 0.25) is 0 Å². The molecule has 0 radical (unpaired) electrons. The van der Waals surface area contributed by atoms with E-state index in [2.05, 4.69) is 0 Å². The monoisotopic (exact) mass is 379 g/mol. The van der Waals surface area contributed by atoms with Gasteiger partial charge < -0.3 is 4.74 Å². The number of pyridine rings is 1. The molecule has 0 amide bonds. The number of benzene rings is 2. The first-order valence-electron chi connectivity index (χ1n) is 9.32. The third kappa shape index (κ3) is 2.19. The van der Waals surface area contributed by atoms with E-state index >= 15 is 0 Å². The van der Waals surface area contributed by atoms with Gasteiger partial charge in [-0.05, 0) is 73.1 Å².